The average Bonchev–Trinajstić information content (AvgIpc) is 3.21. The Hall–Kier alpha value is -2.69. The van der Waals surface area contributed by atoms with Crippen LogP contribution in [-0.4, -0.2) is 24.5 Å². The van der Waals surface area contributed by atoms with E-state index < -0.39 is 9.84 Å². The first-order chi connectivity index (χ1) is 11.5. The fourth-order valence-electron chi connectivity index (χ4n) is 2.17. The first-order valence-corrected chi connectivity index (χ1v) is 9.77. The molecular weight excluding hydrogens is 342 g/mol. The summed E-state index contributed by atoms with van der Waals surface area (Å²) in [6.45, 7) is 0. The van der Waals surface area contributed by atoms with Crippen molar-refractivity contribution in [2.45, 2.75) is 0 Å². The lowest BCUT2D eigenvalue weighted by atomic mass is 10.2. The molecule has 1 aromatic carbocycles. The molecule has 0 amide bonds. The van der Waals surface area contributed by atoms with Gasteiger partial charge in [-0.15, -0.1) is 11.3 Å². The molecule has 0 saturated heterocycles. The molecule has 24 heavy (non-hydrogen) atoms. The lowest BCUT2D eigenvalue weighted by Crippen LogP contribution is -1.98. The van der Waals surface area contributed by atoms with Crippen LogP contribution in [0.2, 0.25) is 0 Å². The van der Waals surface area contributed by atoms with Gasteiger partial charge in [-0.25, -0.2) is 13.1 Å². The molecule has 0 spiro atoms. The summed E-state index contributed by atoms with van der Waals surface area (Å²) >= 11 is 1.50. The number of aromatic nitrogens is 2. The van der Waals surface area contributed by atoms with Gasteiger partial charge in [-0.3, -0.25) is 0 Å². The zero-order valence-corrected chi connectivity index (χ0v) is 14.4. The number of hydrogen-bond donors (Lipinski definition) is 0. The minimum Gasteiger partial charge on any atom is -0.240 e. The van der Waals surface area contributed by atoms with Crippen molar-refractivity contribution in [3.8, 4) is 22.3 Å². The molecular formula is C17H13N3O2S2. The van der Waals surface area contributed by atoms with Gasteiger partial charge in [-0.05, 0) is 29.7 Å². The molecule has 2 aromatic heterocycles. The Morgan fingerprint density at radius 3 is 2.58 bits per heavy atom. The van der Waals surface area contributed by atoms with Crippen molar-refractivity contribution in [2.75, 3.05) is 6.26 Å². The Balaban J connectivity index is 2.20. The Bertz CT molecular complexity index is 1030. The number of thiophene rings is 1. The largest absolute Gasteiger partial charge is 0.240 e. The lowest BCUT2D eigenvalue weighted by molar-refractivity contribution is 0.609. The molecule has 5 nitrogen and oxygen atoms in total. The van der Waals surface area contributed by atoms with Gasteiger partial charge < -0.3 is 0 Å². The van der Waals surface area contributed by atoms with E-state index in [1.807, 2.05) is 47.8 Å². The summed E-state index contributed by atoms with van der Waals surface area (Å²) in [4.78, 5) is 0.620. The zero-order valence-electron chi connectivity index (χ0n) is 12.7. The summed E-state index contributed by atoms with van der Waals surface area (Å²) in [5.74, 6) is 0. The first kappa shape index (κ1) is 16.2. The van der Waals surface area contributed by atoms with Crippen LogP contribution in [0.4, 0.5) is 0 Å². The van der Waals surface area contributed by atoms with E-state index in [1.165, 1.54) is 17.4 Å². The maximum absolute atomic E-state index is 11.7. The maximum atomic E-state index is 11.7. The highest BCUT2D eigenvalue weighted by Crippen LogP contribution is 2.29. The van der Waals surface area contributed by atoms with E-state index in [1.54, 1.807) is 16.9 Å². The number of allylic oxidation sites excluding steroid dienone is 1. The van der Waals surface area contributed by atoms with Crippen LogP contribution in [0.25, 0.3) is 22.3 Å². The normalized spacial score (nSPS) is 12.1. The van der Waals surface area contributed by atoms with Crippen LogP contribution < -0.4 is 0 Å². The smallest absolute Gasteiger partial charge is 0.185 e. The second-order valence-electron chi connectivity index (χ2n) is 5.08. The van der Waals surface area contributed by atoms with Gasteiger partial charge in [0.25, 0.3) is 0 Å². The number of sulfone groups is 1. The third-order valence-electron chi connectivity index (χ3n) is 3.31. The number of nitriles is 1. The van der Waals surface area contributed by atoms with E-state index in [-0.39, 0.29) is 4.91 Å². The highest BCUT2D eigenvalue weighted by atomic mass is 32.2. The zero-order chi connectivity index (χ0) is 17.2. The second kappa shape index (κ2) is 6.43. The molecule has 0 radical (unpaired) electrons. The van der Waals surface area contributed by atoms with Gasteiger partial charge in [0.05, 0.1) is 10.6 Å². The molecule has 0 aliphatic carbocycles. The van der Waals surface area contributed by atoms with Gasteiger partial charge in [-0.1, -0.05) is 24.3 Å². The highest BCUT2D eigenvalue weighted by molar-refractivity contribution is 7.95. The van der Waals surface area contributed by atoms with Crippen molar-refractivity contribution in [1.29, 1.82) is 5.26 Å². The molecule has 0 fully saturated rings. The van der Waals surface area contributed by atoms with Crippen molar-refractivity contribution >= 4 is 27.3 Å². The monoisotopic (exact) mass is 355 g/mol. The minimum atomic E-state index is -3.59. The van der Waals surface area contributed by atoms with Gasteiger partial charge in [0.1, 0.15) is 16.7 Å². The first-order valence-electron chi connectivity index (χ1n) is 7.00. The molecule has 120 valence electrons. The predicted octanol–water partition coefficient (Wildman–Crippen LogP) is 3.51. The maximum Gasteiger partial charge on any atom is 0.185 e. The van der Waals surface area contributed by atoms with E-state index in [9.17, 15) is 8.42 Å². The molecule has 0 bridgehead atoms. The average molecular weight is 355 g/mol. The third-order valence-corrected chi connectivity index (χ3v) is 5.20. The Labute approximate surface area is 144 Å². The van der Waals surface area contributed by atoms with Crippen LogP contribution in [0, 0.1) is 11.3 Å². The quantitative estimate of drug-likeness (QED) is 0.671. The predicted molar refractivity (Wildman–Crippen MR) is 95.3 cm³/mol. The van der Waals surface area contributed by atoms with Gasteiger partial charge in [0.15, 0.2) is 9.84 Å². The van der Waals surface area contributed by atoms with E-state index in [0.717, 1.165) is 16.8 Å². The standard InChI is InChI=1S/C17H13N3O2S2/c1-24(21,22)15(11-18)10-13-12-20(14-6-3-2-4-7-14)19-17(13)16-8-5-9-23-16/h2-10,12H,1H3/b15-10+. The molecule has 7 heteroatoms. The third kappa shape index (κ3) is 3.30. The number of benzene rings is 1. The highest BCUT2D eigenvalue weighted by Gasteiger charge is 2.16. The summed E-state index contributed by atoms with van der Waals surface area (Å²) in [7, 11) is -3.59. The fraction of sp³-hybridized carbons (Fsp3) is 0.0588. The van der Waals surface area contributed by atoms with Crippen LogP contribution in [0.3, 0.4) is 0 Å². The lowest BCUT2D eigenvalue weighted by Gasteiger charge is -1.99. The molecule has 0 unspecified atom stereocenters. The van der Waals surface area contributed by atoms with Crippen molar-refractivity contribution in [1.82, 2.24) is 9.78 Å². The number of nitrogens with zero attached hydrogens (tertiary/aromatic N) is 3. The van der Waals surface area contributed by atoms with Gasteiger partial charge >= 0.3 is 0 Å². The van der Waals surface area contributed by atoms with Crippen LogP contribution in [-0.2, 0) is 9.84 Å². The molecule has 0 saturated carbocycles. The topological polar surface area (TPSA) is 75.8 Å². The van der Waals surface area contributed by atoms with Crippen LogP contribution >= 0.6 is 11.3 Å². The molecule has 0 atom stereocenters. The van der Waals surface area contributed by atoms with Crippen molar-refractivity contribution in [3.63, 3.8) is 0 Å². The second-order valence-corrected chi connectivity index (χ2v) is 8.01. The van der Waals surface area contributed by atoms with E-state index >= 15 is 0 Å². The molecule has 0 aliphatic rings. The van der Waals surface area contributed by atoms with E-state index in [0.29, 0.717) is 11.3 Å². The van der Waals surface area contributed by atoms with Gasteiger partial charge in [0, 0.05) is 18.0 Å². The summed E-state index contributed by atoms with van der Waals surface area (Å²) in [6.07, 6.45) is 4.12. The van der Waals surface area contributed by atoms with Crippen LogP contribution in [0.15, 0.2) is 58.9 Å². The van der Waals surface area contributed by atoms with Crippen molar-refractivity contribution in [2.24, 2.45) is 0 Å². The van der Waals surface area contributed by atoms with Gasteiger partial charge in [0.2, 0.25) is 0 Å². The number of hydrogen-bond acceptors (Lipinski definition) is 5. The van der Waals surface area contributed by atoms with Crippen LogP contribution in [0.1, 0.15) is 5.56 Å². The Morgan fingerprint density at radius 1 is 1.25 bits per heavy atom. The number of para-hydroxylation sites is 1. The fourth-order valence-corrected chi connectivity index (χ4v) is 3.41. The van der Waals surface area contributed by atoms with Crippen molar-refractivity contribution < 1.29 is 8.42 Å². The molecule has 0 N–H and O–H groups in total. The Kier molecular flexibility index (Phi) is 4.34. The summed E-state index contributed by atoms with van der Waals surface area (Å²) < 4.78 is 25.1. The summed E-state index contributed by atoms with van der Waals surface area (Å²) in [6, 6.07) is 15.1. The summed E-state index contributed by atoms with van der Waals surface area (Å²) in [5.41, 5.74) is 2.08. The molecule has 3 aromatic rings. The number of rotatable bonds is 4. The molecule has 0 aliphatic heterocycles. The van der Waals surface area contributed by atoms with Gasteiger partial charge in [-0.2, -0.15) is 10.4 Å². The minimum absolute atomic E-state index is 0.284. The van der Waals surface area contributed by atoms with E-state index in [4.69, 9.17) is 5.26 Å². The van der Waals surface area contributed by atoms with Crippen molar-refractivity contribution in [3.05, 3.63) is 64.5 Å². The molecule has 2 heterocycles. The summed E-state index contributed by atoms with van der Waals surface area (Å²) in [5, 5.41) is 15.6. The Morgan fingerprint density at radius 2 is 2.00 bits per heavy atom. The molecule has 3 rings (SSSR count). The van der Waals surface area contributed by atoms with E-state index in [2.05, 4.69) is 5.10 Å². The SMILES string of the molecule is CS(=O)(=O)/C(C#N)=C/c1cn(-c2ccccc2)nc1-c1cccs1. The van der Waals surface area contributed by atoms with Crippen LogP contribution in [0.5, 0.6) is 0 Å².